The molecular weight excluding hydrogens is 440 g/mol. The number of benzene rings is 4. The minimum atomic E-state index is -0.272. The van der Waals surface area contributed by atoms with E-state index in [2.05, 4.69) is 5.32 Å². The number of ketones is 1. The van der Waals surface area contributed by atoms with E-state index in [0.29, 0.717) is 21.8 Å². The summed E-state index contributed by atoms with van der Waals surface area (Å²) in [5, 5.41) is 3.44. The van der Waals surface area contributed by atoms with Gasteiger partial charge in [-0.05, 0) is 17.7 Å². The van der Waals surface area contributed by atoms with Crippen molar-refractivity contribution in [1.82, 2.24) is 4.98 Å². The van der Waals surface area contributed by atoms with E-state index in [0.717, 1.165) is 21.7 Å². The molecule has 0 spiro atoms. The molecule has 5 rings (SSSR count). The zero-order valence-corrected chi connectivity index (χ0v) is 19.0. The van der Waals surface area contributed by atoms with Crippen LogP contribution in [0.3, 0.4) is 0 Å². The van der Waals surface area contributed by atoms with Gasteiger partial charge in [0.1, 0.15) is 0 Å². The quantitative estimate of drug-likeness (QED) is 0.279. The molecule has 4 nitrogen and oxygen atoms in total. The van der Waals surface area contributed by atoms with Crippen LogP contribution in [-0.4, -0.2) is 16.7 Å². The van der Waals surface area contributed by atoms with Crippen LogP contribution in [0, 0.1) is 0 Å². The van der Waals surface area contributed by atoms with Crippen LogP contribution < -0.4 is 5.32 Å². The largest absolute Gasteiger partial charge is 0.298 e. The number of rotatable bonds is 6. The lowest BCUT2D eigenvalue weighted by atomic mass is 10.0. The predicted octanol–water partition coefficient (Wildman–Crippen LogP) is 6.96. The van der Waals surface area contributed by atoms with Gasteiger partial charge in [0.05, 0.1) is 10.6 Å². The van der Waals surface area contributed by atoms with Crippen LogP contribution in [0.2, 0.25) is 0 Å². The van der Waals surface area contributed by atoms with E-state index in [4.69, 9.17) is 4.98 Å². The van der Waals surface area contributed by atoms with Crippen molar-refractivity contribution in [2.45, 2.75) is 0 Å². The molecule has 1 amide bonds. The van der Waals surface area contributed by atoms with E-state index in [1.807, 2.05) is 78.9 Å². The molecule has 34 heavy (non-hydrogen) atoms. The maximum absolute atomic E-state index is 12.9. The van der Waals surface area contributed by atoms with Crippen molar-refractivity contribution in [2.24, 2.45) is 0 Å². The third-order valence-electron chi connectivity index (χ3n) is 5.38. The molecule has 0 aliphatic rings. The van der Waals surface area contributed by atoms with Gasteiger partial charge in [0.15, 0.2) is 10.9 Å². The molecule has 0 radical (unpaired) electrons. The van der Waals surface area contributed by atoms with Gasteiger partial charge in [0, 0.05) is 22.3 Å². The Hall–Kier alpha value is -4.35. The van der Waals surface area contributed by atoms with Gasteiger partial charge in [0.2, 0.25) is 0 Å². The zero-order valence-electron chi connectivity index (χ0n) is 18.1. The normalized spacial score (nSPS) is 10.6. The minimum Gasteiger partial charge on any atom is -0.298 e. The Kier molecular flexibility index (Phi) is 6.10. The molecule has 1 heterocycles. The topological polar surface area (TPSA) is 59.1 Å². The Morgan fingerprint density at radius 1 is 0.588 bits per heavy atom. The van der Waals surface area contributed by atoms with Crippen molar-refractivity contribution in [3.8, 4) is 21.7 Å². The molecule has 4 aromatic carbocycles. The summed E-state index contributed by atoms with van der Waals surface area (Å²) in [7, 11) is 0. The van der Waals surface area contributed by atoms with Crippen LogP contribution in [0.1, 0.15) is 26.3 Å². The average molecular weight is 461 g/mol. The predicted molar refractivity (Wildman–Crippen MR) is 137 cm³/mol. The van der Waals surface area contributed by atoms with Crippen LogP contribution in [0.5, 0.6) is 0 Å². The van der Waals surface area contributed by atoms with Gasteiger partial charge < -0.3 is 0 Å². The summed E-state index contributed by atoms with van der Waals surface area (Å²) in [5.74, 6) is -0.348. The molecule has 0 saturated carbocycles. The first-order chi connectivity index (χ1) is 16.7. The first-order valence-corrected chi connectivity index (χ1v) is 11.6. The van der Waals surface area contributed by atoms with Gasteiger partial charge >= 0.3 is 0 Å². The molecule has 0 unspecified atom stereocenters. The number of thiazole rings is 1. The number of carbonyl (C=O) groups excluding carboxylic acids is 2. The summed E-state index contributed by atoms with van der Waals surface area (Å²) < 4.78 is 0. The monoisotopic (exact) mass is 460 g/mol. The SMILES string of the molecule is O=C(Nc1nc(-c2ccccc2)c(-c2ccccc2)s1)c1ccc(C(=O)c2ccccc2)cc1. The molecule has 164 valence electrons. The van der Waals surface area contributed by atoms with E-state index in [-0.39, 0.29) is 11.7 Å². The van der Waals surface area contributed by atoms with E-state index >= 15 is 0 Å². The zero-order chi connectivity index (χ0) is 23.3. The summed E-state index contributed by atoms with van der Waals surface area (Å²) in [4.78, 5) is 31.3. The Morgan fingerprint density at radius 2 is 1.09 bits per heavy atom. The van der Waals surface area contributed by atoms with Gasteiger partial charge in [-0.1, -0.05) is 114 Å². The highest BCUT2D eigenvalue weighted by Gasteiger charge is 2.17. The second-order valence-corrected chi connectivity index (χ2v) is 8.65. The van der Waals surface area contributed by atoms with Crippen molar-refractivity contribution in [2.75, 3.05) is 5.32 Å². The molecule has 0 saturated heterocycles. The molecule has 0 aliphatic carbocycles. The highest BCUT2D eigenvalue weighted by molar-refractivity contribution is 7.19. The number of aromatic nitrogens is 1. The van der Waals surface area contributed by atoms with E-state index in [1.165, 1.54) is 11.3 Å². The second-order valence-electron chi connectivity index (χ2n) is 7.66. The number of amides is 1. The van der Waals surface area contributed by atoms with Crippen molar-refractivity contribution in [3.05, 3.63) is 132 Å². The molecule has 1 aromatic heterocycles. The summed E-state index contributed by atoms with van der Waals surface area (Å²) >= 11 is 1.44. The van der Waals surface area contributed by atoms with Crippen LogP contribution in [0.4, 0.5) is 5.13 Å². The van der Waals surface area contributed by atoms with Crippen LogP contribution in [0.15, 0.2) is 115 Å². The van der Waals surface area contributed by atoms with Crippen LogP contribution in [0.25, 0.3) is 21.7 Å². The Bertz CT molecular complexity index is 1370. The van der Waals surface area contributed by atoms with Gasteiger partial charge in [-0.15, -0.1) is 0 Å². The highest BCUT2D eigenvalue weighted by atomic mass is 32.1. The number of anilines is 1. The fourth-order valence-electron chi connectivity index (χ4n) is 3.65. The van der Waals surface area contributed by atoms with Crippen molar-refractivity contribution < 1.29 is 9.59 Å². The molecule has 0 atom stereocenters. The summed E-state index contributed by atoms with van der Waals surface area (Å²) in [5.41, 5.74) is 4.47. The fraction of sp³-hybridized carbons (Fsp3) is 0. The second kappa shape index (κ2) is 9.65. The Morgan fingerprint density at radius 3 is 1.71 bits per heavy atom. The van der Waals surface area contributed by atoms with E-state index in [9.17, 15) is 9.59 Å². The maximum Gasteiger partial charge on any atom is 0.257 e. The van der Waals surface area contributed by atoms with Gasteiger partial charge in [0.25, 0.3) is 5.91 Å². The molecule has 0 bridgehead atoms. The van der Waals surface area contributed by atoms with Gasteiger partial charge in [-0.25, -0.2) is 4.98 Å². The lowest BCUT2D eigenvalue weighted by Crippen LogP contribution is -2.12. The first kappa shape index (κ1) is 21.5. The van der Waals surface area contributed by atoms with E-state index in [1.54, 1.807) is 36.4 Å². The van der Waals surface area contributed by atoms with E-state index < -0.39 is 0 Å². The van der Waals surface area contributed by atoms with Crippen LogP contribution >= 0.6 is 11.3 Å². The van der Waals surface area contributed by atoms with Crippen molar-refractivity contribution >= 4 is 28.2 Å². The van der Waals surface area contributed by atoms with Gasteiger partial charge in [-0.3, -0.25) is 14.9 Å². The number of carbonyl (C=O) groups is 2. The first-order valence-electron chi connectivity index (χ1n) is 10.8. The maximum atomic E-state index is 12.9. The minimum absolute atomic E-state index is 0.0764. The third-order valence-corrected chi connectivity index (χ3v) is 6.40. The summed E-state index contributed by atoms with van der Waals surface area (Å²) in [6.45, 7) is 0. The summed E-state index contributed by atoms with van der Waals surface area (Å²) in [6.07, 6.45) is 0. The highest BCUT2D eigenvalue weighted by Crippen LogP contribution is 2.39. The number of nitrogens with one attached hydrogen (secondary N) is 1. The lowest BCUT2D eigenvalue weighted by Gasteiger charge is -2.04. The Balaban J connectivity index is 1.40. The third kappa shape index (κ3) is 4.56. The fourth-order valence-corrected chi connectivity index (χ4v) is 4.64. The molecule has 5 aromatic rings. The molecule has 0 aliphatic heterocycles. The smallest absolute Gasteiger partial charge is 0.257 e. The average Bonchev–Trinajstić information content (AvgIpc) is 3.33. The molecule has 1 N–H and O–H groups in total. The molecule has 5 heteroatoms. The summed E-state index contributed by atoms with van der Waals surface area (Å²) in [6, 6.07) is 35.7. The number of hydrogen-bond donors (Lipinski definition) is 1. The van der Waals surface area contributed by atoms with Crippen LogP contribution in [-0.2, 0) is 0 Å². The number of hydrogen-bond acceptors (Lipinski definition) is 4. The van der Waals surface area contributed by atoms with Gasteiger partial charge in [-0.2, -0.15) is 0 Å². The molecule has 0 fully saturated rings. The Labute approximate surface area is 201 Å². The van der Waals surface area contributed by atoms with Crippen molar-refractivity contribution in [3.63, 3.8) is 0 Å². The lowest BCUT2D eigenvalue weighted by molar-refractivity contribution is 0.102. The molecular formula is C29H20N2O2S. The van der Waals surface area contributed by atoms with Crippen molar-refractivity contribution in [1.29, 1.82) is 0 Å². The number of nitrogens with zero attached hydrogens (tertiary/aromatic N) is 1. The standard InChI is InChI=1S/C29H20N2O2S/c32-26(21-12-6-2-7-13-21)22-16-18-24(19-17-22)28(33)31-29-30-25(20-10-4-1-5-11-20)27(34-29)23-14-8-3-9-15-23/h1-19H,(H,30,31,33).